The molecule has 3 unspecified atom stereocenters. The third-order valence-corrected chi connectivity index (χ3v) is 14.3. The van der Waals surface area contributed by atoms with Crippen molar-refractivity contribution in [2.75, 3.05) is 40.9 Å². The second-order valence-electron chi connectivity index (χ2n) is 21.8. The molecule has 0 aromatic rings. The van der Waals surface area contributed by atoms with Gasteiger partial charge in [-0.3, -0.25) is 14.2 Å². The molecule has 0 aromatic carbocycles. The SMILES string of the molecule is CC/C=C/C/C=C/C/C=C/CCCCCCC(=O)OC(/C=C\CCCCCCCCCCC)C(COP(=O)([O-])OCC[N+](C)(C)C)NC(=O)CCCCCCCCCCCCCCC/C=C\C/C=C\CCCCC. The number of hydrogen-bond donors (Lipinski definition) is 1. The van der Waals surface area contributed by atoms with Crippen LogP contribution in [-0.2, 0) is 27.9 Å². The van der Waals surface area contributed by atoms with E-state index in [1.165, 1.54) is 141 Å². The number of esters is 1. The lowest BCUT2D eigenvalue weighted by molar-refractivity contribution is -0.870. The number of rotatable bonds is 55. The Labute approximate surface area is 457 Å². The van der Waals surface area contributed by atoms with Crippen LogP contribution in [0, 0.1) is 0 Å². The lowest BCUT2D eigenvalue weighted by Gasteiger charge is -2.30. The van der Waals surface area contributed by atoms with Crippen molar-refractivity contribution in [3.05, 3.63) is 72.9 Å². The lowest BCUT2D eigenvalue weighted by atomic mass is 10.0. The van der Waals surface area contributed by atoms with Gasteiger partial charge in [0.05, 0.1) is 33.8 Å². The van der Waals surface area contributed by atoms with E-state index in [-0.39, 0.29) is 24.9 Å². The summed E-state index contributed by atoms with van der Waals surface area (Å²) in [6.07, 6.45) is 68.7. The number of allylic oxidation sites excluding steroid dienone is 11. The molecule has 0 radical (unpaired) electrons. The molecule has 9 nitrogen and oxygen atoms in total. The van der Waals surface area contributed by atoms with Crippen molar-refractivity contribution >= 4 is 19.7 Å². The second-order valence-corrected chi connectivity index (χ2v) is 23.2. The molecule has 3 atom stereocenters. The molecular formula is C64H117N2O7P. The van der Waals surface area contributed by atoms with Gasteiger partial charge in [0.25, 0.3) is 7.82 Å². The maximum atomic E-state index is 13.5. The van der Waals surface area contributed by atoms with E-state index < -0.39 is 26.6 Å². The summed E-state index contributed by atoms with van der Waals surface area (Å²) in [6.45, 7) is 6.69. The highest BCUT2D eigenvalue weighted by Crippen LogP contribution is 2.38. The summed E-state index contributed by atoms with van der Waals surface area (Å²) >= 11 is 0. The number of likely N-dealkylation sites (N-methyl/N-ethyl adjacent to an activating group) is 1. The topological polar surface area (TPSA) is 114 Å². The zero-order chi connectivity index (χ0) is 54.3. The standard InChI is InChI=1S/C64H117N2O7P/c1-7-10-13-16-19-22-25-27-29-30-31-32-33-34-35-36-37-38-41-44-47-50-53-56-63(67)65-61(60-72-74(69,70)71-59-58-66(4,5)6)62(55-52-49-46-43-40-24-21-18-15-12-9-3)73-64(68)57-54-51-48-45-42-39-28-26-23-20-17-14-11-8-2/h11,14,19-20,22-23,27-29,39,52,55,61-62H,7-10,12-13,15-18,21,24-26,30-38,40-51,53-54,56-60H2,1-6H3,(H-,65,67,69,70)/b14-11+,22-19-,23-20+,29-27-,39-28+,55-52-. The Hall–Kier alpha value is -2.55. The smallest absolute Gasteiger partial charge is 0.306 e. The number of quaternary nitrogens is 1. The number of ether oxygens (including phenoxy) is 1. The van der Waals surface area contributed by atoms with Crippen molar-refractivity contribution in [2.24, 2.45) is 0 Å². The van der Waals surface area contributed by atoms with Gasteiger partial charge in [0.1, 0.15) is 19.3 Å². The van der Waals surface area contributed by atoms with Crippen molar-refractivity contribution in [3.8, 4) is 0 Å². The van der Waals surface area contributed by atoms with Gasteiger partial charge in [0, 0.05) is 12.8 Å². The zero-order valence-corrected chi connectivity index (χ0v) is 49.9. The van der Waals surface area contributed by atoms with E-state index in [0.29, 0.717) is 23.9 Å². The number of nitrogens with one attached hydrogen (secondary N) is 1. The molecule has 0 aliphatic rings. The van der Waals surface area contributed by atoms with Crippen LogP contribution in [0.5, 0.6) is 0 Å². The van der Waals surface area contributed by atoms with E-state index in [1.54, 1.807) is 0 Å². The fourth-order valence-electron chi connectivity index (χ4n) is 8.63. The Bertz CT molecular complexity index is 1500. The van der Waals surface area contributed by atoms with E-state index in [4.69, 9.17) is 13.8 Å². The number of hydrogen-bond acceptors (Lipinski definition) is 7. The minimum absolute atomic E-state index is 0.0281. The van der Waals surface area contributed by atoms with Crippen molar-refractivity contribution < 1.29 is 37.3 Å². The summed E-state index contributed by atoms with van der Waals surface area (Å²) in [4.78, 5) is 39.9. The summed E-state index contributed by atoms with van der Waals surface area (Å²) in [5.74, 6) is -0.566. The van der Waals surface area contributed by atoms with Gasteiger partial charge in [-0.25, -0.2) is 0 Å². The first-order valence-electron chi connectivity index (χ1n) is 30.7. The Morgan fingerprint density at radius 3 is 1.32 bits per heavy atom. The maximum Gasteiger partial charge on any atom is 0.306 e. The van der Waals surface area contributed by atoms with E-state index in [1.807, 2.05) is 33.3 Å². The van der Waals surface area contributed by atoms with E-state index in [9.17, 15) is 19.0 Å². The molecule has 0 aromatic heterocycles. The summed E-state index contributed by atoms with van der Waals surface area (Å²) < 4.78 is 30.2. The number of phosphoric acid groups is 1. The molecule has 0 saturated heterocycles. The van der Waals surface area contributed by atoms with Gasteiger partial charge >= 0.3 is 5.97 Å². The van der Waals surface area contributed by atoms with Gasteiger partial charge in [-0.05, 0) is 96.0 Å². The van der Waals surface area contributed by atoms with Crippen LogP contribution in [-0.4, -0.2) is 69.4 Å². The average Bonchev–Trinajstić information content (AvgIpc) is 3.36. The summed E-state index contributed by atoms with van der Waals surface area (Å²) in [7, 11) is 1.17. The Morgan fingerprint density at radius 2 is 0.865 bits per heavy atom. The van der Waals surface area contributed by atoms with Gasteiger partial charge in [0.2, 0.25) is 5.91 Å². The number of amides is 1. The summed E-state index contributed by atoms with van der Waals surface area (Å²) in [5.41, 5.74) is 0. The van der Waals surface area contributed by atoms with Crippen LogP contribution < -0.4 is 10.2 Å². The van der Waals surface area contributed by atoms with Crippen LogP contribution in [0.3, 0.4) is 0 Å². The molecule has 0 aliphatic carbocycles. The predicted molar refractivity (Wildman–Crippen MR) is 316 cm³/mol. The van der Waals surface area contributed by atoms with Crippen molar-refractivity contribution in [1.29, 1.82) is 0 Å². The average molecular weight is 1060 g/mol. The highest BCUT2D eigenvalue weighted by molar-refractivity contribution is 7.45. The number of unbranched alkanes of at least 4 members (excludes halogenated alkanes) is 29. The third-order valence-electron chi connectivity index (χ3n) is 13.4. The number of carbonyl (C=O) groups is 2. The van der Waals surface area contributed by atoms with Crippen molar-refractivity contribution in [2.45, 2.75) is 283 Å². The third kappa shape index (κ3) is 54.2. The molecule has 1 N–H and O–H groups in total. The van der Waals surface area contributed by atoms with Gasteiger partial charge in [0.15, 0.2) is 0 Å². The van der Waals surface area contributed by atoms with Crippen molar-refractivity contribution in [1.82, 2.24) is 5.32 Å². The van der Waals surface area contributed by atoms with Crippen LogP contribution in [0.25, 0.3) is 0 Å². The highest BCUT2D eigenvalue weighted by Gasteiger charge is 2.27. The lowest BCUT2D eigenvalue weighted by Crippen LogP contribution is -2.47. The second kappa shape index (κ2) is 53.8. The first-order chi connectivity index (χ1) is 35.9. The van der Waals surface area contributed by atoms with E-state index >= 15 is 0 Å². The zero-order valence-electron chi connectivity index (χ0n) is 49.0. The van der Waals surface area contributed by atoms with Crippen molar-refractivity contribution in [3.63, 3.8) is 0 Å². The van der Waals surface area contributed by atoms with Crippen LogP contribution in [0.1, 0.15) is 271 Å². The Morgan fingerprint density at radius 1 is 0.486 bits per heavy atom. The van der Waals surface area contributed by atoms with Gasteiger partial charge in [-0.1, -0.05) is 235 Å². The molecule has 1 amide bonds. The summed E-state index contributed by atoms with van der Waals surface area (Å²) in [6, 6.07) is -0.899. The molecule has 0 aliphatic heterocycles. The monoisotopic (exact) mass is 1060 g/mol. The maximum absolute atomic E-state index is 13.5. The van der Waals surface area contributed by atoms with E-state index in [2.05, 4.69) is 86.8 Å². The molecule has 74 heavy (non-hydrogen) atoms. The van der Waals surface area contributed by atoms with E-state index in [0.717, 1.165) is 89.9 Å². The molecule has 0 bridgehead atoms. The molecular weight excluding hydrogens is 940 g/mol. The molecule has 10 heteroatoms. The number of phosphoric ester groups is 1. The molecule has 0 saturated carbocycles. The predicted octanol–water partition coefficient (Wildman–Crippen LogP) is 18.2. The minimum atomic E-state index is -4.70. The minimum Gasteiger partial charge on any atom is -0.756 e. The van der Waals surface area contributed by atoms with Gasteiger partial charge in [-0.15, -0.1) is 0 Å². The number of nitrogens with zero attached hydrogens (tertiary/aromatic N) is 1. The fourth-order valence-corrected chi connectivity index (χ4v) is 9.35. The Kier molecular flexibility index (Phi) is 52.0. The first kappa shape index (κ1) is 71.5. The van der Waals surface area contributed by atoms with Crippen LogP contribution in [0.2, 0.25) is 0 Å². The fraction of sp³-hybridized carbons (Fsp3) is 0.781. The molecule has 0 fully saturated rings. The normalized spacial score (nSPS) is 14.2. The first-order valence-corrected chi connectivity index (χ1v) is 32.2. The van der Waals surface area contributed by atoms with Crippen LogP contribution in [0.15, 0.2) is 72.9 Å². The number of carbonyl (C=O) groups excluding carboxylic acids is 2. The Balaban J connectivity index is 5.16. The molecule has 0 rings (SSSR count). The highest BCUT2D eigenvalue weighted by atomic mass is 31.2. The largest absolute Gasteiger partial charge is 0.756 e. The van der Waals surface area contributed by atoms with Gasteiger partial charge < -0.3 is 28.5 Å². The molecule has 0 spiro atoms. The van der Waals surface area contributed by atoms with Gasteiger partial charge in [-0.2, -0.15) is 0 Å². The molecule has 430 valence electrons. The van der Waals surface area contributed by atoms with Crippen LogP contribution in [0.4, 0.5) is 0 Å². The quantitative estimate of drug-likeness (QED) is 0.0212. The van der Waals surface area contributed by atoms with Crippen LogP contribution >= 0.6 is 7.82 Å². The summed E-state index contributed by atoms with van der Waals surface area (Å²) in [5, 5.41) is 3.02. The molecule has 0 heterocycles.